The molecule has 154 valence electrons. The van der Waals surface area contributed by atoms with Crippen LogP contribution in [0.3, 0.4) is 0 Å². The van der Waals surface area contributed by atoms with E-state index in [1.54, 1.807) is 23.1 Å². The maximum absolute atomic E-state index is 13.3. The van der Waals surface area contributed by atoms with E-state index in [2.05, 4.69) is 55.1 Å². The molecule has 0 radical (unpaired) electrons. The fourth-order valence-corrected chi connectivity index (χ4v) is 6.90. The molecule has 5 rings (SSSR count). The highest BCUT2D eigenvalue weighted by Crippen LogP contribution is 2.46. The second-order valence-electron chi connectivity index (χ2n) is 8.02. The highest BCUT2D eigenvalue weighted by Gasteiger charge is 2.30. The second-order valence-corrected chi connectivity index (χ2v) is 10.5. The molecule has 0 aliphatic carbocycles. The molecule has 0 bridgehead atoms. The number of benzene rings is 2. The van der Waals surface area contributed by atoms with Crippen LogP contribution in [0.5, 0.6) is 0 Å². The number of thiophene rings is 1. The minimum absolute atomic E-state index is 0.158. The summed E-state index contributed by atoms with van der Waals surface area (Å²) < 4.78 is 0. The molecule has 3 nitrogen and oxygen atoms in total. The highest BCUT2D eigenvalue weighted by molar-refractivity contribution is 7.98. The highest BCUT2D eigenvalue weighted by atomic mass is 35.5. The van der Waals surface area contributed by atoms with E-state index in [1.165, 1.54) is 32.2 Å². The van der Waals surface area contributed by atoms with Crippen molar-refractivity contribution in [2.75, 3.05) is 24.5 Å². The van der Waals surface area contributed by atoms with Gasteiger partial charge in [0, 0.05) is 57.5 Å². The lowest BCUT2D eigenvalue weighted by molar-refractivity contribution is 0.0731. The second kappa shape index (κ2) is 7.95. The molecule has 30 heavy (non-hydrogen) atoms. The van der Waals surface area contributed by atoms with Gasteiger partial charge in [0.2, 0.25) is 0 Å². The van der Waals surface area contributed by atoms with Gasteiger partial charge in [-0.15, -0.1) is 23.1 Å². The third-order valence-corrected chi connectivity index (χ3v) is 8.41. The summed E-state index contributed by atoms with van der Waals surface area (Å²) in [5.41, 5.74) is 4.96. The maximum atomic E-state index is 13.3. The van der Waals surface area contributed by atoms with Gasteiger partial charge in [0.25, 0.3) is 5.91 Å². The minimum atomic E-state index is 0.158. The first-order chi connectivity index (χ1) is 14.5. The van der Waals surface area contributed by atoms with Crippen LogP contribution in [0.25, 0.3) is 10.4 Å². The van der Waals surface area contributed by atoms with Crippen molar-refractivity contribution in [3.8, 4) is 10.4 Å². The largest absolute Gasteiger partial charge is 0.365 e. The minimum Gasteiger partial charge on any atom is -0.365 e. The quantitative estimate of drug-likeness (QED) is 0.451. The van der Waals surface area contributed by atoms with Gasteiger partial charge in [-0.25, -0.2) is 0 Å². The number of carbonyl (C=O) groups is 1. The van der Waals surface area contributed by atoms with Crippen LogP contribution in [0.4, 0.5) is 5.69 Å². The number of hydrogen-bond acceptors (Lipinski definition) is 4. The standard InChI is InChI=1S/C24H23ClN2OS2/c1-15-3-6-19(7-4-15)27-10-9-26(13-16(27)2)24(28)22-11-17-14-29-21-12-18(25)5-8-20(21)23(17)30-22/h3-8,11-12,16H,9-10,13-14H2,1-2H3/t16-/m1/s1. The number of anilines is 1. The maximum Gasteiger partial charge on any atom is 0.264 e. The van der Waals surface area contributed by atoms with Gasteiger partial charge in [-0.05, 0) is 49.7 Å². The molecule has 0 saturated carbocycles. The Labute approximate surface area is 190 Å². The molecule has 1 saturated heterocycles. The van der Waals surface area contributed by atoms with Gasteiger partial charge in [-0.1, -0.05) is 35.4 Å². The number of amides is 1. The summed E-state index contributed by atoms with van der Waals surface area (Å²) in [5, 5.41) is 0.762. The van der Waals surface area contributed by atoms with Gasteiger partial charge >= 0.3 is 0 Å². The van der Waals surface area contributed by atoms with Crippen molar-refractivity contribution >= 4 is 46.3 Å². The molecule has 2 aromatic carbocycles. The fourth-order valence-electron chi connectivity index (χ4n) is 4.25. The summed E-state index contributed by atoms with van der Waals surface area (Å²) in [6.45, 7) is 6.67. The van der Waals surface area contributed by atoms with Gasteiger partial charge in [0.1, 0.15) is 0 Å². The first-order valence-corrected chi connectivity index (χ1v) is 12.4. The number of thioether (sulfide) groups is 1. The summed E-state index contributed by atoms with van der Waals surface area (Å²) in [6.07, 6.45) is 0. The number of carbonyl (C=O) groups excluding carboxylic acids is 1. The summed E-state index contributed by atoms with van der Waals surface area (Å²) in [5.74, 6) is 1.05. The van der Waals surface area contributed by atoms with Crippen LogP contribution in [-0.4, -0.2) is 36.5 Å². The summed E-state index contributed by atoms with van der Waals surface area (Å²) in [6, 6.07) is 17.1. The summed E-state index contributed by atoms with van der Waals surface area (Å²) in [7, 11) is 0. The van der Waals surface area contributed by atoms with Crippen molar-refractivity contribution in [2.24, 2.45) is 0 Å². The molecule has 1 amide bonds. The van der Waals surface area contributed by atoms with E-state index < -0.39 is 0 Å². The zero-order valence-electron chi connectivity index (χ0n) is 17.0. The molecular weight excluding hydrogens is 432 g/mol. The average Bonchev–Trinajstić information content (AvgIpc) is 3.18. The van der Waals surface area contributed by atoms with Crippen LogP contribution in [-0.2, 0) is 5.75 Å². The molecule has 0 N–H and O–H groups in total. The molecular formula is C24H23ClN2OS2. The van der Waals surface area contributed by atoms with Crippen molar-refractivity contribution in [3.05, 3.63) is 69.6 Å². The molecule has 0 unspecified atom stereocenters. The Kier molecular flexibility index (Phi) is 5.30. The number of aryl methyl sites for hydroxylation is 1. The van der Waals surface area contributed by atoms with Crippen molar-refractivity contribution in [2.45, 2.75) is 30.5 Å². The lowest BCUT2D eigenvalue weighted by Crippen LogP contribution is -2.53. The van der Waals surface area contributed by atoms with Gasteiger partial charge in [0.15, 0.2) is 0 Å². The lowest BCUT2D eigenvalue weighted by Gasteiger charge is -2.41. The van der Waals surface area contributed by atoms with E-state index in [4.69, 9.17) is 11.6 Å². The third-order valence-electron chi connectivity index (χ3n) is 5.87. The Morgan fingerprint density at radius 3 is 2.67 bits per heavy atom. The number of nitrogens with zero attached hydrogens (tertiary/aromatic N) is 2. The molecule has 1 aromatic heterocycles. The first-order valence-electron chi connectivity index (χ1n) is 10.2. The Bertz CT molecular complexity index is 1110. The molecule has 1 fully saturated rings. The van der Waals surface area contributed by atoms with Gasteiger partial charge in [0.05, 0.1) is 4.88 Å². The van der Waals surface area contributed by atoms with Crippen LogP contribution in [0.2, 0.25) is 5.02 Å². The summed E-state index contributed by atoms with van der Waals surface area (Å²) >= 11 is 9.58. The number of fused-ring (bicyclic) bond motifs is 3. The Morgan fingerprint density at radius 1 is 1.10 bits per heavy atom. The Morgan fingerprint density at radius 2 is 1.90 bits per heavy atom. The average molecular weight is 455 g/mol. The molecule has 2 aliphatic rings. The van der Waals surface area contributed by atoms with Crippen LogP contribution in [0, 0.1) is 6.92 Å². The van der Waals surface area contributed by atoms with E-state index in [-0.39, 0.29) is 5.91 Å². The molecule has 2 aliphatic heterocycles. The molecule has 3 aromatic rings. The van der Waals surface area contributed by atoms with E-state index in [9.17, 15) is 4.79 Å². The fraction of sp³-hybridized carbons (Fsp3) is 0.292. The normalized spacial score (nSPS) is 18.2. The lowest BCUT2D eigenvalue weighted by atomic mass is 10.1. The van der Waals surface area contributed by atoms with E-state index in [0.29, 0.717) is 6.04 Å². The Hall–Kier alpha value is -1.95. The zero-order valence-corrected chi connectivity index (χ0v) is 19.4. The van der Waals surface area contributed by atoms with Gasteiger partial charge in [-0.2, -0.15) is 0 Å². The van der Waals surface area contributed by atoms with Gasteiger partial charge < -0.3 is 9.80 Å². The smallest absolute Gasteiger partial charge is 0.264 e. The molecule has 6 heteroatoms. The SMILES string of the molecule is Cc1ccc(N2CCN(C(=O)c3cc4c(s3)-c3ccc(Cl)cc3SC4)C[C@H]2C)cc1. The van der Waals surface area contributed by atoms with E-state index >= 15 is 0 Å². The summed E-state index contributed by atoms with van der Waals surface area (Å²) in [4.78, 5) is 21.0. The predicted molar refractivity (Wildman–Crippen MR) is 128 cm³/mol. The molecule has 1 atom stereocenters. The van der Waals surface area contributed by atoms with Crippen molar-refractivity contribution < 1.29 is 4.79 Å². The Balaban J connectivity index is 1.34. The van der Waals surface area contributed by atoms with Crippen molar-refractivity contribution in [1.29, 1.82) is 0 Å². The van der Waals surface area contributed by atoms with Crippen molar-refractivity contribution in [3.63, 3.8) is 0 Å². The predicted octanol–water partition coefficient (Wildman–Crippen LogP) is 6.33. The number of rotatable bonds is 2. The van der Waals surface area contributed by atoms with Gasteiger partial charge in [-0.3, -0.25) is 4.79 Å². The van der Waals surface area contributed by atoms with Crippen LogP contribution in [0.1, 0.15) is 27.7 Å². The number of hydrogen-bond donors (Lipinski definition) is 0. The monoisotopic (exact) mass is 454 g/mol. The van der Waals surface area contributed by atoms with E-state index in [0.717, 1.165) is 35.3 Å². The first kappa shape index (κ1) is 20.0. The van der Waals surface area contributed by atoms with Crippen molar-refractivity contribution in [1.82, 2.24) is 4.90 Å². The third kappa shape index (κ3) is 3.64. The van der Waals surface area contributed by atoms with Crippen LogP contribution < -0.4 is 4.90 Å². The van der Waals surface area contributed by atoms with Crippen LogP contribution >= 0.6 is 34.7 Å². The molecule has 3 heterocycles. The van der Waals surface area contributed by atoms with E-state index in [1.807, 2.05) is 17.0 Å². The number of halogens is 1. The topological polar surface area (TPSA) is 23.6 Å². The molecule has 0 spiro atoms. The number of piperazine rings is 1. The zero-order chi connectivity index (χ0) is 20.8. The van der Waals surface area contributed by atoms with Crippen LogP contribution in [0.15, 0.2) is 53.4 Å².